The molecule has 0 spiro atoms. The maximum atomic E-state index is 13.0. The lowest BCUT2D eigenvalue weighted by molar-refractivity contribution is -0.137. The van der Waals surface area contributed by atoms with Crippen LogP contribution in [-0.2, 0) is 21.5 Å². The van der Waals surface area contributed by atoms with E-state index in [4.69, 9.17) is 5.11 Å². The van der Waals surface area contributed by atoms with Gasteiger partial charge in [0.2, 0.25) is 0 Å². The van der Waals surface area contributed by atoms with Crippen molar-refractivity contribution in [3.05, 3.63) is 35.9 Å². The number of carbonyl (C=O) groups is 1. The van der Waals surface area contributed by atoms with Gasteiger partial charge in [0.1, 0.15) is 0 Å². The van der Waals surface area contributed by atoms with Crippen LogP contribution in [0.5, 0.6) is 0 Å². The average Bonchev–Trinajstić information content (AvgIpc) is 2.60. The van der Waals surface area contributed by atoms with E-state index in [-0.39, 0.29) is 18.4 Å². The molecule has 0 radical (unpaired) electrons. The highest BCUT2D eigenvalue weighted by Gasteiger charge is 2.37. The van der Waals surface area contributed by atoms with Crippen molar-refractivity contribution in [3.8, 4) is 0 Å². The van der Waals surface area contributed by atoms with Crippen molar-refractivity contribution in [2.45, 2.75) is 31.8 Å². The normalized spacial score (nSPS) is 22.0. The van der Waals surface area contributed by atoms with E-state index >= 15 is 0 Å². The summed E-state index contributed by atoms with van der Waals surface area (Å²) in [7, 11) is 1.93. The first kappa shape index (κ1) is 20.8. The molecule has 1 fully saturated rings. The van der Waals surface area contributed by atoms with Gasteiger partial charge in [-0.25, -0.2) is 0 Å². The van der Waals surface area contributed by atoms with Crippen molar-refractivity contribution in [2.24, 2.45) is 5.92 Å². The second-order valence-corrected chi connectivity index (χ2v) is 9.15. The number of carboxylic acids is 1. The molecule has 2 atom stereocenters. The maximum absolute atomic E-state index is 13.0. The fraction of sp³-hybridized carbons (Fsp3) is 0.611. The summed E-state index contributed by atoms with van der Waals surface area (Å²) in [6.07, 6.45) is 1.24. The van der Waals surface area contributed by atoms with Crippen molar-refractivity contribution in [1.29, 1.82) is 0 Å². The Morgan fingerprint density at radius 3 is 2.46 bits per heavy atom. The monoisotopic (exact) mass is 383 g/mol. The van der Waals surface area contributed by atoms with Crippen LogP contribution in [0.15, 0.2) is 30.3 Å². The maximum Gasteiger partial charge on any atom is 0.303 e. The molecule has 1 N–H and O–H groups in total. The summed E-state index contributed by atoms with van der Waals surface area (Å²) in [5.41, 5.74) is 0.934. The van der Waals surface area contributed by atoms with Gasteiger partial charge in [0.15, 0.2) is 0 Å². The minimum atomic E-state index is -3.58. The smallest absolute Gasteiger partial charge is 0.303 e. The third-order valence-corrected chi connectivity index (χ3v) is 6.92. The van der Waals surface area contributed by atoms with E-state index in [1.54, 1.807) is 7.05 Å². The summed E-state index contributed by atoms with van der Waals surface area (Å²) in [6, 6.07) is 9.68. The highest BCUT2D eigenvalue weighted by atomic mass is 32.2. The van der Waals surface area contributed by atoms with E-state index in [0.29, 0.717) is 32.5 Å². The van der Waals surface area contributed by atoms with Gasteiger partial charge in [-0.05, 0) is 38.4 Å². The van der Waals surface area contributed by atoms with Gasteiger partial charge in [-0.2, -0.15) is 17.0 Å². The molecule has 26 heavy (non-hydrogen) atoms. The van der Waals surface area contributed by atoms with Crippen LogP contribution in [-0.4, -0.2) is 73.3 Å². The first-order chi connectivity index (χ1) is 12.2. The molecule has 8 heteroatoms. The van der Waals surface area contributed by atoms with E-state index in [1.807, 2.05) is 44.4 Å². The second-order valence-electron chi connectivity index (χ2n) is 7.12. The Kier molecular flexibility index (Phi) is 7.16. The van der Waals surface area contributed by atoms with Crippen molar-refractivity contribution in [1.82, 2.24) is 13.5 Å². The van der Waals surface area contributed by atoms with Crippen molar-refractivity contribution < 1.29 is 18.3 Å². The molecule has 7 nitrogen and oxygen atoms in total. The molecule has 1 aliphatic rings. The lowest BCUT2D eigenvalue weighted by Gasteiger charge is -2.41. The van der Waals surface area contributed by atoms with Crippen molar-refractivity contribution in [2.75, 3.05) is 34.2 Å². The summed E-state index contributed by atoms with van der Waals surface area (Å²) in [5.74, 6) is -0.835. The Labute approximate surface area is 156 Å². The van der Waals surface area contributed by atoms with Gasteiger partial charge in [-0.15, -0.1) is 0 Å². The summed E-state index contributed by atoms with van der Waals surface area (Å²) < 4.78 is 28.8. The van der Waals surface area contributed by atoms with Crippen molar-refractivity contribution >= 4 is 16.2 Å². The fourth-order valence-corrected chi connectivity index (χ4v) is 5.01. The Balaban J connectivity index is 2.09. The van der Waals surface area contributed by atoms with Gasteiger partial charge >= 0.3 is 5.97 Å². The summed E-state index contributed by atoms with van der Waals surface area (Å²) in [5, 5.41) is 8.99. The van der Waals surface area contributed by atoms with Crippen LogP contribution in [0, 0.1) is 5.92 Å². The third-order valence-electron chi connectivity index (χ3n) is 5.02. The topological polar surface area (TPSA) is 81.2 Å². The average molecular weight is 384 g/mol. The summed E-state index contributed by atoms with van der Waals surface area (Å²) in [4.78, 5) is 13.0. The molecule has 0 bridgehead atoms. The first-order valence-corrected chi connectivity index (χ1v) is 10.2. The van der Waals surface area contributed by atoms with E-state index < -0.39 is 16.2 Å². The van der Waals surface area contributed by atoms with Crippen LogP contribution < -0.4 is 0 Å². The number of rotatable bonds is 8. The molecule has 1 aromatic rings. The third kappa shape index (κ3) is 5.26. The van der Waals surface area contributed by atoms with E-state index in [1.165, 1.54) is 8.61 Å². The van der Waals surface area contributed by atoms with Crippen LogP contribution in [0.1, 0.15) is 24.8 Å². The molecule has 1 aliphatic heterocycles. The minimum absolute atomic E-state index is 0.00903. The van der Waals surface area contributed by atoms with Gasteiger partial charge in [0, 0.05) is 39.1 Å². The van der Waals surface area contributed by atoms with Crippen LogP contribution in [0.25, 0.3) is 0 Å². The SMILES string of the molecule is CN(C)[C@H]1CCN(S(=O)(=O)N(C)Cc2ccccc2)C[C@H]1CCC(=O)O. The predicted octanol–water partition coefficient (Wildman–Crippen LogP) is 1.48. The lowest BCUT2D eigenvalue weighted by Crippen LogP contribution is -2.53. The van der Waals surface area contributed by atoms with E-state index in [0.717, 1.165) is 5.56 Å². The molecule has 1 aromatic carbocycles. The van der Waals surface area contributed by atoms with Gasteiger partial charge in [0.05, 0.1) is 0 Å². The molecule has 0 unspecified atom stereocenters. The summed E-state index contributed by atoms with van der Waals surface area (Å²) >= 11 is 0. The zero-order valence-electron chi connectivity index (χ0n) is 15.7. The molecule has 2 rings (SSSR count). The molecule has 1 heterocycles. The number of hydrogen-bond donors (Lipinski definition) is 1. The number of carboxylic acid groups (broad SMARTS) is 1. The Bertz CT molecular complexity index is 694. The number of benzene rings is 1. The van der Waals surface area contributed by atoms with Gasteiger partial charge in [0.25, 0.3) is 10.2 Å². The Morgan fingerprint density at radius 2 is 1.88 bits per heavy atom. The first-order valence-electron chi connectivity index (χ1n) is 8.85. The van der Waals surface area contributed by atoms with Crippen LogP contribution in [0.2, 0.25) is 0 Å². The standard InChI is InChI=1S/C18H29N3O4S/c1-19(2)17-11-12-21(14-16(17)9-10-18(22)23)26(24,25)20(3)13-15-7-5-4-6-8-15/h4-8,16-17H,9-14H2,1-3H3,(H,22,23)/t16-,17+/m1/s1. The van der Waals surface area contributed by atoms with Crippen LogP contribution in [0.4, 0.5) is 0 Å². The Hall–Kier alpha value is -1.48. The number of aliphatic carboxylic acids is 1. The largest absolute Gasteiger partial charge is 0.481 e. The zero-order chi connectivity index (χ0) is 19.3. The van der Waals surface area contributed by atoms with Crippen LogP contribution in [0.3, 0.4) is 0 Å². The van der Waals surface area contributed by atoms with Gasteiger partial charge in [-0.3, -0.25) is 4.79 Å². The second kappa shape index (κ2) is 8.94. The van der Waals surface area contributed by atoms with E-state index in [9.17, 15) is 13.2 Å². The van der Waals surface area contributed by atoms with Crippen molar-refractivity contribution in [3.63, 3.8) is 0 Å². The van der Waals surface area contributed by atoms with Gasteiger partial charge < -0.3 is 10.0 Å². The molecule has 0 amide bonds. The number of piperidine rings is 1. The summed E-state index contributed by atoms with van der Waals surface area (Å²) in [6.45, 7) is 1.13. The highest BCUT2D eigenvalue weighted by Crippen LogP contribution is 2.27. The number of nitrogens with zero attached hydrogens (tertiary/aromatic N) is 3. The predicted molar refractivity (Wildman–Crippen MR) is 101 cm³/mol. The molecular weight excluding hydrogens is 354 g/mol. The molecule has 0 saturated carbocycles. The molecule has 1 saturated heterocycles. The molecular formula is C18H29N3O4S. The Morgan fingerprint density at radius 1 is 1.23 bits per heavy atom. The minimum Gasteiger partial charge on any atom is -0.481 e. The molecule has 0 aliphatic carbocycles. The number of hydrogen-bond acceptors (Lipinski definition) is 4. The molecule has 0 aromatic heterocycles. The van der Waals surface area contributed by atoms with E-state index in [2.05, 4.69) is 4.90 Å². The lowest BCUT2D eigenvalue weighted by atomic mass is 9.88. The molecule has 146 valence electrons. The van der Waals surface area contributed by atoms with Crippen LogP contribution >= 0.6 is 0 Å². The highest BCUT2D eigenvalue weighted by molar-refractivity contribution is 7.86. The fourth-order valence-electron chi connectivity index (χ4n) is 3.59. The quantitative estimate of drug-likeness (QED) is 0.735. The van der Waals surface area contributed by atoms with Gasteiger partial charge in [-0.1, -0.05) is 30.3 Å². The zero-order valence-corrected chi connectivity index (χ0v) is 16.5.